The van der Waals surface area contributed by atoms with E-state index in [1.165, 1.54) is 41.5 Å². The van der Waals surface area contributed by atoms with Crippen LogP contribution in [0.15, 0.2) is 52.3 Å². The van der Waals surface area contributed by atoms with Gasteiger partial charge in [-0.1, -0.05) is 26.0 Å². The molecule has 0 radical (unpaired) electrons. The smallest absolute Gasteiger partial charge is 0.283 e. The van der Waals surface area contributed by atoms with Crippen molar-refractivity contribution in [2.45, 2.75) is 30.1 Å². The molecule has 0 atom stereocenters. The van der Waals surface area contributed by atoms with Crippen LogP contribution in [-0.2, 0) is 4.79 Å². The summed E-state index contributed by atoms with van der Waals surface area (Å²) >= 11 is 2.93. The maximum absolute atomic E-state index is 12.8. The van der Waals surface area contributed by atoms with Crippen molar-refractivity contribution in [2.75, 3.05) is 30.9 Å². The first-order valence-electron chi connectivity index (χ1n) is 9.82. The minimum absolute atomic E-state index is 0.0913. The van der Waals surface area contributed by atoms with Crippen LogP contribution in [0.1, 0.15) is 30.6 Å². The molecule has 166 valence electrons. The summed E-state index contributed by atoms with van der Waals surface area (Å²) in [6, 6.07) is 11.9. The predicted molar refractivity (Wildman–Crippen MR) is 127 cm³/mol. The number of carbonyl (C=O) groups excluding carboxylic acids is 2. The van der Waals surface area contributed by atoms with Gasteiger partial charge in [0, 0.05) is 23.6 Å². The van der Waals surface area contributed by atoms with Gasteiger partial charge in [0.1, 0.15) is 0 Å². The second-order valence-corrected chi connectivity index (χ2v) is 9.37. The van der Waals surface area contributed by atoms with Crippen LogP contribution < -0.4 is 5.32 Å². The first-order valence-corrected chi connectivity index (χ1v) is 12.0. The van der Waals surface area contributed by atoms with Crippen molar-refractivity contribution in [3.05, 3.63) is 58.1 Å². The fourth-order valence-corrected chi connectivity index (χ4v) is 4.57. The quantitative estimate of drug-likeness (QED) is 0.298. The van der Waals surface area contributed by atoms with E-state index in [4.69, 9.17) is 0 Å². The molecule has 31 heavy (non-hydrogen) atoms. The highest BCUT2D eigenvalue weighted by Gasteiger charge is 2.21. The minimum atomic E-state index is -0.472. The number of thioether (sulfide) groups is 2. The molecule has 0 saturated carbocycles. The SMILES string of the molecule is CSc1ccccc1NC(=O)CN(C)C(=O)c1ccc(SCCC(C)C)c([N+](=O)[O-])c1. The molecule has 2 rings (SSSR count). The van der Waals surface area contributed by atoms with E-state index >= 15 is 0 Å². The number of amides is 2. The normalized spacial score (nSPS) is 10.7. The van der Waals surface area contributed by atoms with Gasteiger partial charge in [0.25, 0.3) is 11.6 Å². The zero-order valence-electron chi connectivity index (χ0n) is 18.1. The largest absolute Gasteiger partial charge is 0.332 e. The number of likely N-dealkylation sites (N-methyl/N-ethyl adjacent to an activating group) is 1. The number of nitro groups is 1. The zero-order chi connectivity index (χ0) is 23.0. The van der Waals surface area contributed by atoms with Crippen LogP contribution in [0.5, 0.6) is 0 Å². The summed E-state index contributed by atoms with van der Waals surface area (Å²) in [5, 5.41) is 14.3. The molecule has 2 amide bonds. The van der Waals surface area contributed by atoms with Gasteiger partial charge in [0.15, 0.2) is 0 Å². The third kappa shape index (κ3) is 7.29. The number of anilines is 1. The summed E-state index contributed by atoms with van der Waals surface area (Å²) in [7, 11) is 1.50. The van der Waals surface area contributed by atoms with Crippen molar-refractivity contribution < 1.29 is 14.5 Å². The van der Waals surface area contributed by atoms with Crippen LogP contribution in [-0.4, -0.2) is 47.2 Å². The highest BCUT2D eigenvalue weighted by atomic mass is 32.2. The van der Waals surface area contributed by atoms with E-state index in [0.717, 1.165) is 17.1 Å². The average Bonchev–Trinajstić information content (AvgIpc) is 2.73. The lowest BCUT2D eigenvalue weighted by Gasteiger charge is -2.18. The summed E-state index contributed by atoms with van der Waals surface area (Å²) in [6.07, 6.45) is 2.86. The molecule has 0 saturated heterocycles. The standard InChI is InChI=1S/C22H27N3O4S2/c1-15(2)11-12-31-20-10-9-16(13-18(20)25(28)29)22(27)24(3)14-21(26)23-17-7-5-6-8-19(17)30-4/h5-10,13,15H,11-12,14H2,1-4H3,(H,23,26). The van der Waals surface area contributed by atoms with E-state index in [0.29, 0.717) is 16.5 Å². The maximum Gasteiger partial charge on any atom is 0.283 e. The molecule has 0 aliphatic rings. The number of benzene rings is 2. The molecule has 9 heteroatoms. The molecule has 2 aromatic carbocycles. The van der Waals surface area contributed by atoms with Crippen LogP contribution in [0.2, 0.25) is 0 Å². The van der Waals surface area contributed by atoms with Crippen LogP contribution in [0, 0.1) is 16.0 Å². The van der Waals surface area contributed by atoms with Crippen molar-refractivity contribution >= 4 is 46.7 Å². The Kier molecular flexibility index (Phi) is 9.39. The third-order valence-corrected chi connectivity index (χ3v) is 6.36. The lowest BCUT2D eigenvalue weighted by Crippen LogP contribution is -2.35. The summed E-state index contributed by atoms with van der Waals surface area (Å²) in [5.74, 6) is 0.488. The molecular weight excluding hydrogens is 434 g/mol. The zero-order valence-corrected chi connectivity index (χ0v) is 19.7. The number of nitrogens with zero attached hydrogens (tertiary/aromatic N) is 2. The molecule has 0 bridgehead atoms. The summed E-state index contributed by atoms with van der Waals surface area (Å²) in [6.45, 7) is 4.03. The molecular formula is C22H27N3O4S2. The van der Waals surface area contributed by atoms with Crippen LogP contribution >= 0.6 is 23.5 Å². The van der Waals surface area contributed by atoms with Gasteiger partial charge in [0.2, 0.25) is 5.91 Å². The molecule has 0 aromatic heterocycles. The van der Waals surface area contributed by atoms with Crippen molar-refractivity contribution in [3.63, 3.8) is 0 Å². The average molecular weight is 462 g/mol. The molecule has 0 unspecified atom stereocenters. The van der Waals surface area contributed by atoms with Crippen molar-refractivity contribution in [2.24, 2.45) is 5.92 Å². The molecule has 0 aliphatic heterocycles. The van der Waals surface area contributed by atoms with E-state index in [1.807, 2.05) is 24.5 Å². The molecule has 2 aromatic rings. The van der Waals surface area contributed by atoms with Crippen molar-refractivity contribution in [1.29, 1.82) is 0 Å². The maximum atomic E-state index is 12.8. The Labute approximate surface area is 191 Å². The van der Waals surface area contributed by atoms with Crippen LogP contribution in [0.3, 0.4) is 0 Å². The Morgan fingerprint density at radius 2 is 1.87 bits per heavy atom. The Morgan fingerprint density at radius 1 is 1.16 bits per heavy atom. The van der Waals surface area contributed by atoms with Gasteiger partial charge in [-0.15, -0.1) is 23.5 Å². The van der Waals surface area contributed by atoms with Crippen molar-refractivity contribution in [1.82, 2.24) is 4.90 Å². The van der Waals surface area contributed by atoms with Gasteiger partial charge in [-0.05, 0) is 48.6 Å². The molecule has 0 heterocycles. The number of nitrogens with one attached hydrogen (secondary N) is 1. The molecule has 0 fully saturated rings. The van der Waals surface area contributed by atoms with Crippen LogP contribution in [0.4, 0.5) is 11.4 Å². The topological polar surface area (TPSA) is 92.6 Å². The van der Waals surface area contributed by atoms with Crippen molar-refractivity contribution in [3.8, 4) is 0 Å². The molecule has 0 spiro atoms. The van der Waals surface area contributed by atoms with E-state index in [1.54, 1.807) is 18.2 Å². The minimum Gasteiger partial charge on any atom is -0.332 e. The lowest BCUT2D eigenvalue weighted by atomic mass is 10.1. The Bertz CT molecular complexity index is 950. The number of carbonyl (C=O) groups is 2. The fourth-order valence-electron chi connectivity index (χ4n) is 2.76. The lowest BCUT2D eigenvalue weighted by molar-refractivity contribution is -0.387. The predicted octanol–water partition coefficient (Wildman–Crippen LogP) is 5.17. The fraction of sp³-hybridized carbons (Fsp3) is 0.364. The van der Waals surface area contributed by atoms with E-state index < -0.39 is 10.8 Å². The van der Waals surface area contributed by atoms with E-state index in [-0.39, 0.29) is 23.7 Å². The summed E-state index contributed by atoms with van der Waals surface area (Å²) in [4.78, 5) is 38.9. The summed E-state index contributed by atoms with van der Waals surface area (Å²) < 4.78 is 0. The first-order chi connectivity index (χ1) is 14.7. The first kappa shape index (κ1) is 24.7. The highest BCUT2D eigenvalue weighted by Crippen LogP contribution is 2.31. The van der Waals surface area contributed by atoms with E-state index in [9.17, 15) is 19.7 Å². The Hall–Kier alpha value is -2.52. The highest BCUT2D eigenvalue weighted by molar-refractivity contribution is 7.99. The second kappa shape index (κ2) is 11.8. The molecule has 0 aliphatic carbocycles. The summed E-state index contributed by atoms with van der Waals surface area (Å²) in [5.41, 5.74) is 0.769. The third-order valence-electron chi connectivity index (χ3n) is 4.46. The van der Waals surface area contributed by atoms with Gasteiger partial charge in [-0.3, -0.25) is 19.7 Å². The van der Waals surface area contributed by atoms with Gasteiger partial charge >= 0.3 is 0 Å². The number of hydrogen-bond donors (Lipinski definition) is 1. The number of rotatable bonds is 10. The Morgan fingerprint density at radius 3 is 2.52 bits per heavy atom. The van der Waals surface area contributed by atoms with Gasteiger partial charge in [0.05, 0.1) is 22.1 Å². The number of para-hydroxylation sites is 1. The van der Waals surface area contributed by atoms with Gasteiger partial charge < -0.3 is 10.2 Å². The van der Waals surface area contributed by atoms with Crippen LogP contribution in [0.25, 0.3) is 0 Å². The van der Waals surface area contributed by atoms with Gasteiger partial charge in [-0.25, -0.2) is 0 Å². The monoisotopic (exact) mass is 461 g/mol. The number of nitro benzene ring substituents is 1. The van der Waals surface area contributed by atoms with E-state index in [2.05, 4.69) is 19.2 Å². The Balaban J connectivity index is 2.07. The van der Waals surface area contributed by atoms with Gasteiger partial charge in [-0.2, -0.15) is 0 Å². The molecule has 7 nitrogen and oxygen atoms in total. The number of hydrogen-bond acceptors (Lipinski definition) is 6. The molecule has 1 N–H and O–H groups in total. The second-order valence-electron chi connectivity index (χ2n) is 7.38.